The summed E-state index contributed by atoms with van der Waals surface area (Å²) in [6.07, 6.45) is 0. The van der Waals surface area contributed by atoms with E-state index in [9.17, 15) is 4.39 Å². The van der Waals surface area contributed by atoms with Crippen molar-refractivity contribution in [3.05, 3.63) is 47.8 Å². The molecule has 112 valence electrons. The number of methoxy groups -OCH3 is 3. The van der Waals surface area contributed by atoms with E-state index in [1.54, 1.807) is 33.5 Å². The third kappa shape index (κ3) is 3.56. The Morgan fingerprint density at radius 3 is 2.24 bits per heavy atom. The zero-order chi connectivity index (χ0) is 15.2. The Bertz CT molecular complexity index is 616. The maximum atomic E-state index is 13.8. The molecule has 0 saturated carbocycles. The highest BCUT2D eigenvalue weighted by Crippen LogP contribution is 2.26. The lowest BCUT2D eigenvalue weighted by Gasteiger charge is -2.13. The molecule has 0 heterocycles. The van der Waals surface area contributed by atoms with Gasteiger partial charge in [-0.25, -0.2) is 4.39 Å². The average molecular weight is 291 g/mol. The van der Waals surface area contributed by atoms with Gasteiger partial charge >= 0.3 is 0 Å². The summed E-state index contributed by atoms with van der Waals surface area (Å²) >= 11 is 0. The van der Waals surface area contributed by atoms with Gasteiger partial charge in [0.2, 0.25) is 0 Å². The van der Waals surface area contributed by atoms with Gasteiger partial charge in [0.25, 0.3) is 0 Å². The van der Waals surface area contributed by atoms with Crippen molar-refractivity contribution in [3.8, 4) is 17.2 Å². The van der Waals surface area contributed by atoms with Crippen molar-refractivity contribution >= 4 is 5.69 Å². The van der Waals surface area contributed by atoms with Crippen LogP contribution in [0, 0.1) is 5.82 Å². The number of rotatable bonds is 6. The summed E-state index contributed by atoms with van der Waals surface area (Å²) < 4.78 is 29.3. The largest absolute Gasteiger partial charge is 0.497 e. The Balaban J connectivity index is 2.19. The monoisotopic (exact) mass is 291 g/mol. The standard InChI is InChI=1S/C16H18FNO3/c1-19-12-5-7-16(21-3)11(8-12)10-18-15-9-13(20-2)4-6-14(15)17/h4-9,18H,10H2,1-3H3. The molecule has 5 heteroatoms. The molecule has 0 aliphatic rings. The second kappa shape index (κ2) is 6.83. The average Bonchev–Trinajstić information content (AvgIpc) is 2.53. The molecule has 0 spiro atoms. The minimum absolute atomic E-state index is 0.335. The highest BCUT2D eigenvalue weighted by atomic mass is 19.1. The minimum atomic E-state index is -0.335. The third-order valence-corrected chi connectivity index (χ3v) is 3.13. The maximum absolute atomic E-state index is 13.8. The summed E-state index contributed by atoms with van der Waals surface area (Å²) in [5, 5.41) is 3.04. The van der Waals surface area contributed by atoms with Crippen molar-refractivity contribution in [1.29, 1.82) is 0 Å². The Kier molecular flexibility index (Phi) is 4.87. The van der Waals surface area contributed by atoms with Crippen LogP contribution in [0.15, 0.2) is 36.4 Å². The van der Waals surface area contributed by atoms with Crippen LogP contribution < -0.4 is 19.5 Å². The van der Waals surface area contributed by atoms with Gasteiger partial charge in [0, 0.05) is 18.2 Å². The normalized spacial score (nSPS) is 10.1. The summed E-state index contributed by atoms with van der Waals surface area (Å²) in [6, 6.07) is 10.0. The Morgan fingerprint density at radius 2 is 1.57 bits per heavy atom. The lowest BCUT2D eigenvalue weighted by Crippen LogP contribution is -2.04. The lowest BCUT2D eigenvalue weighted by molar-refractivity contribution is 0.399. The van der Waals surface area contributed by atoms with E-state index >= 15 is 0 Å². The zero-order valence-electron chi connectivity index (χ0n) is 12.3. The van der Waals surface area contributed by atoms with E-state index in [4.69, 9.17) is 14.2 Å². The number of nitrogens with one attached hydrogen (secondary N) is 1. The SMILES string of the molecule is COc1ccc(OC)c(CNc2cc(OC)ccc2F)c1. The number of halogens is 1. The minimum Gasteiger partial charge on any atom is -0.497 e. The van der Waals surface area contributed by atoms with Gasteiger partial charge in [-0.05, 0) is 30.3 Å². The molecule has 2 aromatic carbocycles. The smallest absolute Gasteiger partial charge is 0.146 e. The molecule has 0 aliphatic heterocycles. The van der Waals surface area contributed by atoms with Gasteiger partial charge < -0.3 is 19.5 Å². The van der Waals surface area contributed by atoms with Crippen molar-refractivity contribution in [2.45, 2.75) is 6.54 Å². The summed E-state index contributed by atoms with van der Waals surface area (Å²) in [7, 11) is 4.74. The molecular formula is C16H18FNO3. The fourth-order valence-electron chi connectivity index (χ4n) is 1.98. The molecule has 0 bridgehead atoms. The Labute approximate surface area is 123 Å². The van der Waals surface area contributed by atoms with Crippen molar-refractivity contribution < 1.29 is 18.6 Å². The summed E-state index contributed by atoms with van der Waals surface area (Å²) in [4.78, 5) is 0. The van der Waals surface area contributed by atoms with Gasteiger partial charge in [0.1, 0.15) is 23.1 Å². The van der Waals surface area contributed by atoms with Crippen LogP contribution in [0.5, 0.6) is 17.2 Å². The number of anilines is 1. The van der Waals surface area contributed by atoms with Crippen molar-refractivity contribution in [1.82, 2.24) is 0 Å². The van der Waals surface area contributed by atoms with Gasteiger partial charge in [-0.3, -0.25) is 0 Å². The first-order valence-corrected chi connectivity index (χ1v) is 6.46. The molecule has 0 aromatic heterocycles. The zero-order valence-corrected chi connectivity index (χ0v) is 12.3. The molecule has 0 fully saturated rings. The van der Waals surface area contributed by atoms with Gasteiger partial charge in [-0.2, -0.15) is 0 Å². The summed E-state index contributed by atoms with van der Waals surface area (Å²) in [5.74, 6) is 1.69. The van der Waals surface area contributed by atoms with Crippen LogP contribution in [0.1, 0.15) is 5.56 Å². The predicted molar refractivity (Wildman–Crippen MR) is 79.8 cm³/mol. The van der Waals surface area contributed by atoms with E-state index in [2.05, 4.69) is 5.32 Å². The van der Waals surface area contributed by atoms with Crippen LogP contribution in [-0.2, 0) is 6.54 Å². The summed E-state index contributed by atoms with van der Waals surface area (Å²) in [6.45, 7) is 0.407. The first-order chi connectivity index (χ1) is 10.2. The van der Waals surface area contributed by atoms with Crippen molar-refractivity contribution in [2.75, 3.05) is 26.6 Å². The van der Waals surface area contributed by atoms with E-state index in [0.29, 0.717) is 23.7 Å². The molecule has 2 aromatic rings. The van der Waals surface area contributed by atoms with Gasteiger partial charge in [-0.1, -0.05) is 0 Å². The highest BCUT2D eigenvalue weighted by Gasteiger charge is 2.08. The Morgan fingerprint density at radius 1 is 0.905 bits per heavy atom. The lowest BCUT2D eigenvalue weighted by atomic mass is 10.1. The van der Waals surface area contributed by atoms with E-state index in [1.165, 1.54) is 6.07 Å². The first kappa shape index (κ1) is 15.0. The van der Waals surface area contributed by atoms with E-state index in [0.717, 1.165) is 11.3 Å². The quantitative estimate of drug-likeness (QED) is 0.884. The van der Waals surface area contributed by atoms with Crippen LogP contribution >= 0.6 is 0 Å². The van der Waals surface area contributed by atoms with Crippen LogP contribution in [-0.4, -0.2) is 21.3 Å². The van der Waals surface area contributed by atoms with Crippen LogP contribution in [0.4, 0.5) is 10.1 Å². The van der Waals surface area contributed by atoms with Crippen molar-refractivity contribution in [3.63, 3.8) is 0 Å². The van der Waals surface area contributed by atoms with Gasteiger partial charge in [-0.15, -0.1) is 0 Å². The topological polar surface area (TPSA) is 39.7 Å². The van der Waals surface area contributed by atoms with E-state index in [-0.39, 0.29) is 5.82 Å². The molecule has 0 atom stereocenters. The second-order valence-corrected chi connectivity index (χ2v) is 4.38. The molecule has 0 unspecified atom stereocenters. The van der Waals surface area contributed by atoms with Gasteiger partial charge in [0.05, 0.1) is 27.0 Å². The molecule has 1 N–H and O–H groups in total. The van der Waals surface area contributed by atoms with Crippen LogP contribution in [0.25, 0.3) is 0 Å². The maximum Gasteiger partial charge on any atom is 0.146 e. The van der Waals surface area contributed by atoms with Crippen LogP contribution in [0.2, 0.25) is 0 Å². The molecule has 0 saturated heterocycles. The Hall–Kier alpha value is -2.43. The van der Waals surface area contributed by atoms with Crippen molar-refractivity contribution in [2.24, 2.45) is 0 Å². The molecule has 0 radical (unpaired) electrons. The fourth-order valence-corrected chi connectivity index (χ4v) is 1.98. The van der Waals surface area contributed by atoms with Gasteiger partial charge in [0.15, 0.2) is 0 Å². The predicted octanol–water partition coefficient (Wildman–Crippen LogP) is 3.46. The molecule has 0 aliphatic carbocycles. The fraction of sp³-hybridized carbons (Fsp3) is 0.250. The molecule has 21 heavy (non-hydrogen) atoms. The number of ether oxygens (including phenoxy) is 3. The second-order valence-electron chi connectivity index (χ2n) is 4.38. The molecule has 0 amide bonds. The van der Waals surface area contributed by atoms with Crippen LogP contribution in [0.3, 0.4) is 0 Å². The third-order valence-electron chi connectivity index (χ3n) is 3.13. The summed E-state index contributed by atoms with van der Waals surface area (Å²) in [5.41, 5.74) is 1.25. The van der Waals surface area contributed by atoms with E-state index < -0.39 is 0 Å². The number of benzene rings is 2. The number of hydrogen-bond donors (Lipinski definition) is 1. The first-order valence-electron chi connectivity index (χ1n) is 6.46. The van der Waals surface area contributed by atoms with E-state index in [1.807, 2.05) is 18.2 Å². The number of hydrogen-bond acceptors (Lipinski definition) is 4. The molecular weight excluding hydrogens is 273 g/mol. The molecule has 2 rings (SSSR count). The molecule has 4 nitrogen and oxygen atoms in total. The highest BCUT2D eigenvalue weighted by molar-refractivity contribution is 5.51.